The van der Waals surface area contributed by atoms with E-state index in [-0.39, 0.29) is 11.9 Å². The van der Waals surface area contributed by atoms with Gasteiger partial charge in [-0.15, -0.1) is 0 Å². The van der Waals surface area contributed by atoms with Crippen molar-refractivity contribution in [3.05, 3.63) is 29.3 Å². The first-order valence-electron chi connectivity index (χ1n) is 6.07. The van der Waals surface area contributed by atoms with Gasteiger partial charge in [0.2, 0.25) is 0 Å². The van der Waals surface area contributed by atoms with E-state index in [0.29, 0.717) is 25.3 Å². The van der Waals surface area contributed by atoms with Crippen molar-refractivity contribution in [2.24, 2.45) is 0 Å². The summed E-state index contributed by atoms with van der Waals surface area (Å²) in [6, 6.07) is 2.58. The lowest BCUT2D eigenvalue weighted by Crippen LogP contribution is -2.28. The van der Waals surface area contributed by atoms with E-state index in [0.717, 1.165) is 12.8 Å². The van der Waals surface area contributed by atoms with Gasteiger partial charge in [0.15, 0.2) is 17.4 Å². The van der Waals surface area contributed by atoms with Gasteiger partial charge >= 0.3 is 0 Å². The second-order valence-corrected chi connectivity index (χ2v) is 4.38. The Balaban J connectivity index is 2.11. The molecule has 1 saturated heterocycles. The average molecular weight is 257 g/mol. The molecule has 5 heteroatoms. The summed E-state index contributed by atoms with van der Waals surface area (Å²) >= 11 is 0. The fraction of sp³-hybridized carbons (Fsp3) is 0.538. The third-order valence-electron chi connectivity index (χ3n) is 2.84. The van der Waals surface area contributed by atoms with Gasteiger partial charge in [0, 0.05) is 13.2 Å². The highest BCUT2D eigenvalue weighted by molar-refractivity contribution is 5.31. The van der Waals surface area contributed by atoms with Gasteiger partial charge < -0.3 is 14.8 Å². The number of hydrogen-bond donors (Lipinski definition) is 1. The normalized spacial score (nSPS) is 19.8. The minimum atomic E-state index is -0.661. The Hall–Kier alpha value is -1.20. The molecule has 1 heterocycles. The quantitative estimate of drug-likeness (QED) is 0.897. The molecule has 1 atom stereocenters. The molecule has 0 radical (unpaired) electrons. The van der Waals surface area contributed by atoms with Crippen LogP contribution in [0.3, 0.4) is 0 Å². The maximum Gasteiger partial charge on any atom is 0.191 e. The van der Waals surface area contributed by atoms with E-state index >= 15 is 0 Å². The fourth-order valence-corrected chi connectivity index (χ4v) is 2.00. The molecule has 0 bridgehead atoms. The van der Waals surface area contributed by atoms with Gasteiger partial charge in [0.05, 0.1) is 6.61 Å². The van der Waals surface area contributed by atoms with Gasteiger partial charge in [0.25, 0.3) is 0 Å². The van der Waals surface area contributed by atoms with E-state index in [1.165, 1.54) is 12.1 Å². The number of benzene rings is 1. The maximum absolute atomic E-state index is 13.8. The van der Waals surface area contributed by atoms with Crippen LogP contribution in [0, 0.1) is 11.6 Å². The van der Waals surface area contributed by atoms with Crippen molar-refractivity contribution >= 4 is 0 Å². The summed E-state index contributed by atoms with van der Waals surface area (Å²) in [5.74, 6) is -1.62. The highest BCUT2D eigenvalue weighted by Crippen LogP contribution is 2.26. The molecule has 0 aromatic heterocycles. The topological polar surface area (TPSA) is 30.5 Å². The van der Waals surface area contributed by atoms with Crippen LogP contribution >= 0.6 is 0 Å². The monoisotopic (exact) mass is 257 g/mol. The molecule has 0 spiro atoms. The zero-order chi connectivity index (χ0) is 13.0. The Morgan fingerprint density at radius 3 is 2.67 bits per heavy atom. The minimum absolute atomic E-state index is 0.266. The summed E-state index contributed by atoms with van der Waals surface area (Å²) in [6.07, 6.45) is 1.35. The number of halogens is 2. The molecule has 2 rings (SSSR count). The standard InChI is InChI=1S/C13H17F2NO2/c1-16-7-9-5-11(14)13(12(15)6-9)18-10-3-2-4-17-8-10/h5-6,10,16H,2-4,7-8H2,1H3. The molecule has 1 unspecified atom stereocenters. The highest BCUT2D eigenvalue weighted by atomic mass is 19.1. The molecule has 100 valence electrons. The van der Waals surface area contributed by atoms with Gasteiger partial charge in [0.1, 0.15) is 6.10 Å². The Morgan fingerprint density at radius 2 is 2.11 bits per heavy atom. The Labute approximate surface area is 105 Å². The van der Waals surface area contributed by atoms with E-state index in [9.17, 15) is 8.78 Å². The lowest BCUT2D eigenvalue weighted by Gasteiger charge is -2.23. The van der Waals surface area contributed by atoms with Crippen LogP contribution in [0.25, 0.3) is 0 Å². The second kappa shape index (κ2) is 6.11. The van der Waals surface area contributed by atoms with E-state index in [4.69, 9.17) is 9.47 Å². The van der Waals surface area contributed by atoms with Crippen molar-refractivity contribution in [1.29, 1.82) is 0 Å². The number of ether oxygens (including phenoxy) is 2. The van der Waals surface area contributed by atoms with Gasteiger partial charge in [-0.3, -0.25) is 0 Å². The molecule has 1 fully saturated rings. The fourth-order valence-electron chi connectivity index (χ4n) is 2.00. The van der Waals surface area contributed by atoms with Gasteiger partial charge in [-0.05, 0) is 37.6 Å². The summed E-state index contributed by atoms with van der Waals surface area (Å²) < 4.78 is 38.1. The van der Waals surface area contributed by atoms with Crippen LogP contribution in [0.4, 0.5) is 8.78 Å². The molecule has 18 heavy (non-hydrogen) atoms. The molecule has 1 aromatic carbocycles. The molecule has 1 aromatic rings. The van der Waals surface area contributed by atoms with Crippen molar-refractivity contribution in [3.8, 4) is 5.75 Å². The van der Waals surface area contributed by atoms with Crippen LogP contribution in [0.1, 0.15) is 18.4 Å². The van der Waals surface area contributed by atoms with E-state index in [1.807, 2.05) is 0 Å². The van der Waals surface area contributed by atoms with Crippen molar-refractivity contribution in [2.45, 2.75) is 25.5 Å². The van der Waals surface area contributed by atoms with Crippen LogP contribution in [0.15, 0.2) is 12.1 Å². The SMILES string of the molecule is CNCc1cc(F)c(OC2CCCOC2)c(F)c1. The number of nitrogens with one attached hydrogen (secondary N) is 1. The molecule has 0 amide bonds. The smallest absolute Gasteiger partial charge is 0.191 e. The van der Waals surface area contributed by atoms with Gasteiger partial charge in [-0.2, -0.15) is 0 Å². The summed E-state index contributed by atoms with van der Waals surface area (Å²) in [4.78, 5) is 0. The first-order chi connectivity index (χ1) is 8.70. The molecular formula is C13H17F2NO2. The Bertz CT molecular complexity index is 383. The largest absolute Gasteiger partial charge is 0.482 e. The van der Waals surface area contributed by atoms with E-state index in [2.05, 4.69) is 5.32 Å². The van der Waals surface area contributed by atoms with Crippen LogP contribution in [0.2, 0.25) is 0 Å². The number of rotatable bonds is 4. The lowest BCUT2D eigenvalue weighted by atomic mass is 10.1. The summed E-state index contributed by atoms with van der Waals surface area (Å²) in [5.41, 5.74) is 0.555. The molecule has 0 aliphatic carbocycles. The molecule has 1 aliphatic rings. The molecule has 3 nitrogen and oxygen atoms in total. The lowest BCUT2D eigenvalue weighted by molar-refractivity contribution is 0.00418. The average Bonchev–Trinajstić information content (AvgIpc) is 2.36. The van der Waals surface area contributed by atoms with Crippen LogP contribution in [-0.2, 0) is 11.3 Å². The third-order valence-corrected chi connectivity index (χ3v) is 2.84. The second-order valence-electron chi connectivity index (χ2n) is 4.38. The molecular weight excluding hydrogens is 240 g/mol. The van der Waals surface area contributed by atoms with Crippen LogP contribution in [0.5, 0.6) is 5.75 Å². The predicted octanol–water partition coefficient (Wildman–Crippen LogP) is 2.24. The van der Waals surface area contributed by atoms with Crippen molar-refractivity contribution < 1.29 is 18.3 Å². The Kier molecular flexibility index (Phi) is 4.49. The maximum atomic E-state index is 13.8. The van der Waals surface area contributed by atoms with Crippen molar-refractivity contribution in [3.63, 3.8) is 0 Å². The zero-order valence-corrected chi connectivity index (χ0v) is 10.3. The van der Waals surface area contributed by atoms with Gasteiger partial charge in [-0.25, -0.2) is 8.78 Å². The third kappa shape index (κ3) is 3.17. The number of hydrogen-bond acceptors (Lipinski definition) is 3. The zero-order valence-electron chi connectivity index (χ0n) is 10.3. The van der Waals surface area contributed by atoms with Gasteiger partial charge in [-0.1, -0.05) is 0 Å². The highest BCUT2D eigenvalue weighted by Gasteiger charge is 2.20. The summed E-state index contributed by atoms with van der Waals surface area (Å²) in [5, 5.41) is 2.85. The van der Waals surface area contributed by atoms with E-state index < -0.39 is 11.6 Å². The minimum Gasteiger partial charge on any atom is -0.482 e. The first-order valence-corrected chi connectivity index (χ1v) is 6.07. The van der Waals surface area contributed by atoms with Crippen LogP contribution in [-0.4, -0.2) is 26.4 Å². The Morgan fingerprint density at radius 1 is 1.39 bits per heavy atom. The molecule has 0 saturated carbocycles. The first kappa shape index (κ1) is 13.2. The van der Waals surface area contributed by atoms with Crippen molar-refractivity contribution in [1.82, 2.24) is 5.32 Å². The summed E-state index contributed by atoms with van der Waals surface area (Å²) in [7, 11) is 1.72. The van der Waals surface area contributed by atoms with Crippen molar-refractivity contribution in [2.75, 3.05) is 20.3 Å². The summed E-state index contributed by atoms with van der Waals surface area (Å²) in [6.45, 7) is 1.49. The van der Waals surface area contributed by atoms with E-state index in [1.54, 1.807) is 7.05 Å². The van der Waals surface area contributed by atoms with Crippen LogP contribution < -0.4 is 10.1 Å². The predicted molar refractivity (Wildman–Crippen MR) is 63.6 cm³/mol. The molecule has 1 N–H and O–H groups in total. The molecule has 1 aliphatic heterocycles.